The van der Waals surface area contributed by atoms with E-state index in [0.29, 0.717) is 11.5 Å². The Morgan fingerprint density at radius 2 is 1.88 bits per heavy atom. The van der Waals surface area contributed by atoms with Crippen LogP contribution in [0.2, 0.25) is 0 Å². The van der Waals surface area contributed by atoms with Gasteiger partial charge in [-0.3, -0.25) is 4.79 Å². The van der Waals surface area contributed by atoms with Gasteiger partial charge in [-0.05, 0) is 24.6 Å². The van der Waals surface area contributed by atoms with Crippen molar-refractivity contribution < 1.29 is 14.3 Å². The van der Waals surface area contributed by atoms with Crippen molar-refractivity contribution >= 4 is 11.9 Å². The Kier molecular flexibility index (Phi) is 3.60. The second-order valence-corrected chi connectivity index (χ2v) is 3.71. The lowest BCUT2D eigenvalue weighted by atomic mass is 10.2. The molecule has 0 unspecified atom stereocenters. The maximum atomic E-state index is 11.2. The molecule has 2 rings (SSSR count). The van der Waals surface area contributed by atoms with E-state index < -0.39 is 0 Å². The highest BCUT2D eigenvalue weighted by molar-refractivity contribution is 5.82. The smallest absolute Gasteiger partial charge is 0.207 e. The minimum absolute atomic E-state index is 0.0489. The van der Waals surface area contributed by atoms with Crippen LogP contribution in [0, 0.1) is 0 Å². The molecule has 17 heavy (non-hydrogen) atoms. The molecule has 88 valence electrons. The van der Waals surface area contributed by atoms with Gasteiger partial charge >= 0.3 is 0 Å². The number of fused-ring (bicyclic) bond motifs is 1. The Balaban J connectivity index is 2.22. The van der Waals surface area contributed by atoms with Crippen LogP contribution in [0.3, 0.4) is 0 Å². The lowest BCUT2D eigenvalue weighted by Gasteiger charge is -2.06. The molecule has 0 N–H and O–H groups in total. The Labute approximate surface area is 100 Å². The average molecular weight is 230 g/mol. The summed E-state index contributed by atoms with van der Waals surface area (Å²) in [5.74, 6) is 1.20. The summed E-state index contributed by atoms with van der Waals surface area (Å²) in [6.45, 7) is 2.12. The summed E-state index contributed by atoms with van der Waals surface area (Å²) in [5, 5.41) is 0. The van der Waals surface area contributed by atoms with E-state index in [1.165, 1.54) is 0 Å². The van der Waals surface area contributed by atoms with Gasteiger partial charge in [-0.1, -0.05) is 30.4 Å². The Bertz CT molecular complexity index is 472. The Hall–Kier alpha value is -2.03. The van der Waals surface area contributed by atoms with Crippen LogP contribution >= 0.6 is 0 Å². The number of rotatable bonds is 2. The highest BCUT2D eigenvalue weighted by Gasteiger charge is 2.14. The zero-order valence-electron chi connectivity index (χ0n) is 9.68. The van der Waals surface area contributed by atoms with Gasteiger partial charge in [0.1, 0.15) is 0 Å². The molecule has 1 aliphatic heterocycles. The Morgan fingerprint density at radius 3 is 2.65 bits per heavy atom. The van der Waals surface area contributed by atoms with E-state index in [-0.39, 0.29) is 19.0 Å². The molecule has 1 aliphatic rings. The molecule has 0 saturated carbocycles. The maximum absolute atomic E-state index is 11.2. The number of ether oxygens (including phenoxy) is 2. The van der Waals surface area contributed by atoms with E-state index in [1.807, 2.05) is 49.4 Å². The molecule has 3 heteroatoms. The second kappa shape index (κ2) is 5.34. The summed E-state index contributed by atoms with van der Waals surface area (Å²) in [6.07, 6.45) is 7.82. The van der Waals surface area contributed by atoms with Crippen molar-refractivity contribution in [2.45, 2.75) is 6.92 Å². The molecular formula is C14H14O3. The lowest BCUT2D eigenvalue weighted by Crippen LogP contribution is -2.15. The fraction of sp³-hybridized carbons (Fsp3) is 0.214. The number of ketones is 1. The van der Waals surface area contributed by atoms with Gasteiger partial charge in [0.15, 0.2) is 24.7 Å². The van der Waals surface area contributed by atoms with E-state index in [4.69, 9.17) is 9.47 Å². The fourth-order valence-electron chi connectivity index (χ4n) is 1.50. The molecule has 3 nitrogen and oxygen atoms in total. The first kappa shape index (κ1) is 11.5. The molecule has 1 aromatic rings. The van der Waals surface area contributed by atoms with Gasteiger partial charge in [0.25, 0.3) is 0 Å². The van der Waals surface area contributed by atoms with Crippen LogP contribution in [0.1, 0.15) is 12.5 Å². The van der Waals surface area contributed by atoms with Crippen molar-refractivity contribution in [3.05, 3.63) is 42.0 Å². The first-order chi connectivity index (χ1) is 8.29. The van der Waals surface area contributed by atoms with Crippen LogP contribution < -0.4 is 9.47 Å². The molecule has 0 spiro atoms. The van der Waals surface area contributed by atoms with Crippen molar-refractivity contribution in [2.24, 2.45) is 0 Å². The second-order valence-electron chi connectivity index (χ2n) is 3.71. The fourth-order valence-corrected chi connectivity index (χ4v) is 1.50. The zero-order chi connectivity index (χ0) is 12.1. The normalized spacial score (nSPS) is 15.5. The minimum Gasteiger partial charge on any atom is -0.482 e. The molecule has 0 bridgehead atoms. The highest BCUT2D eigenvalue weighted by atomic mass is 16.5. The molecule has 1 aromatic carbocycles. The number of carbonyl (C=O) groups is 1. The predicted octanol–water partition coefficient (Wildman–Crippen LogP) is 2.62. The van der Waals surface area contributed by atoms with E-state index in [0.717, 1.165) is 5.56 Å². The van der Waals surface area contributed by atoms with Crippen LogP contribution in [-0.2, 0) is 4.79 Å². The monoisotopic (exact) mass is 230 g/mol. The number of hydrogen-bond acceptors (Lipinski definition) is 3. The van der Waals surface area contributed by atoms with Gasteiger partial charge < -0.3 is 9.47 Å². The molecule has 0 radical (unpaired) electrons. The number of allylic oxidation sites excluding steroid dienone is 3. The largest absolute Gasteiger partial charge is 0.482 e. The molecule has 0 aliphatic carbocycles. The standard InChI is InChI=1S/C14H14O3/c1-2-3-4-5-11-6-7-13-14(8-11)17-10-12(15)9-16-13/h2-8H,9-10H2,1H3. The van der Waals surface area contributed by atoms with Crippen molar-refractivity contribution in [2.75, 3.05) is 13.2 Å². The third-order valence-electron chi connectivity index (χ3n) is 2.34. The summed E-state index contributed by atoms with van der Waals surface area (Å²) < 4.78 is 10.7. The predicted molar refractivity (Wildman–Crippen MR) is 66.3 cm³/mol. The number of Topliss-reactive ketones (excluding diaryl/α,β-unsaturated/α-hetero) is 1. The molecule has 0 saturated heterocycles. The van der Waals surface area contributed by atoms with Crippen molar-refractivity contribution in [3.63, 3.8) is 0 Å². The van der Waals surface area contributed by atoms with Crippen LogP contribution in [0.25, 0.3) is 6.08 Å². The maximum Gasteiger partial charge on any atom is 0.207 e. The van der Waals surface area contributed by atoms with Crippen LogP contribution in [0.4, 0.5) is 0 Å². The minimum atomic E-state index is -0.0489. The summed E-state index contributed by atoms with van der Waals surface area (Å²) in [4.78, 5) is 11.2. The molecule has 0 atom stereocenters. The topological polar surface area (TPSA) is 35.5 Å². The molecule has 0 fully saturated rings. The van der Waals surface area contributed by atoms with Gasteiger partial charge in [-0.25, -0.2) is 0 Å². The highest BCUT2D eigenvalue weighted by Crippen LogP contribution is 2.30. The summed E-state index contributed by atoms with van der Waals surface area (Å²) in [7, 11) is 0. The lowest BCUT2D eigenvalue weighted by molar-refractivity contribution is -0.122. The van der Waals surface area contributed by atoms with E-state index in [1.54, 1.807) is 0 Å². The molecule has 1 heterocycles. The van der Waals surface area contributed by atoms with Crippen LogP contribution in [-0.4, -0.2) is 19.0 Å². The summed E-state index contributed by atoms with van der Waals surface area (Å²) in [6, 6.07) is 5.62. The van der Waals surface area contributed by atoms with Crippen LogP contribution in [0.5, 0.6) is 11.5 Å². The van der Waals surface area contributed by atoms with Crippen molar-refractivity contribution in [1.82, 2.24) is 0 Å². The van der Waals surface area contributed by atoms with E-state index >= 15 is 0 Å². The third-order valence-corrected chi connectivity index (χ3v) is 2.34. The van der Waals surface area contributed by atoms with Crippen molar-refractivity contribution in [3.8, 4) is 11.5 Å². The molecular weight excluding hydrogens is 216 g/mol. The molecule has 0 amide bonds. The zero-order valence-corrected chi connectivity index (χ0v) is 9.68. The van der Waals surface area contributed by atoms with Gasteiger partial charge in [0.05, 0.1) is 0 Å². The van der Waals surface area contributed by atoms with Gasteiger partial charge in [-0.15, -0.1) is 0 Å². The molecule has 0 aromatic heterocycles. The number of carbonyl (C=O) groups excluding carboxylic acids is 1. The van der Waals surface area contributed by atoms with Crippen LogP contribution in [0.15, 0.2) is 36.4 Å². The first-order valence-electron chi connectivity index (χ1n) is 5.50. The summed E-state index contributed by atoms with van der Waals surface area (Å²) >= 11 is 0. The average Bonchev–Trinajstić information content (AvgIpc) is 2.52. The van der Waals surface area contributed by atoms with Gasteiger partial charge in [0.2, 0.25) is 5.78 Å². The quantitative estimate of drug-likeness (QED) is 0.733. The number of benzene rings is 1. The SMILES string of the molecule is CC=CC=Cc1ccc2c(c1)OCC(=O)CO2. The van der Waals surface area contributed by atoms with Gasteiger partial charge in [0, 0.05) is 0 Å². The third kappa shape index (κ3) is 2.97. The number of hydrogen-bond donors (Lipinski definition) is 0. The Morgan fingerprint density at radius 1 is 1.12 bits per heavy atom. The van der Waals surface area contributed by atoms with E-state index in [9.17, 15) is 4.79 Å². The van der Waals surface area contributed by atoms with Crippen molar-refractivity contribution in [1.29, 1.82) is 0 Å². The van der Waals surface area contributed by atoms with E-state index in [2.05, 4.69) is 0 Å². The van der Waals surface area contributed by atoms with Gasteiger partial charge in [-0.2, -0.15) is 0 Å². The summed E-state index contributed by atoms with van der Waals surface area (Å²) in [5.41, 5.74) is 1.01. The first-order valence-corrected chi connectivity index (χ1v) is 5.50.